The first kappa shape index (κ1) is 19.5. The third-order valence-corrected chi connectivity index (χ3v) is 4.88. The summed E-state index contributed by atoms with van der Waals surface area (Å²) in [4.78, 5) is 17.7. The summed E-state index contributed by atoms with van der Waals surface area (Å²) in [5.74, 6) is 1.65. The van der Waals surface area contributed by atoms with E-state index in [1.165, 1.54) is 6.33 Å². The number of fused-ring (bicyclic) bond motifs is 1. The average molecular weight is 405 g/mol. The maximum Gasteiger partial charge on any atom is 0.255 e. The Morgan fingerprint density at radius 1 is 1.23 bits per heavy atom. The molecule has 0 spiro atoms. The van der Waals surface area contributed by atoms with Crippen LogP contribution in [0.4, 0.5) is 11.6 Å². The Morgan fingerprint density at radius 3 is 2.87 bits per heavy atom. The maximum atomic E-state index is 13.4. The first-order valence-electron chi connectivity index (χ1n) is 9.66. The number of carbonyl (C=O) groups excluding carboxylic acids is 1. The zero-order valence-corrected chi connectivity index (χ0v) is 17.0. The molecule has 1 aliphatic rings. The van der Waals surface area contributed by atoms with Crippen molar-refractivity contribution < 1.29 is 14.3 Å². The van der Waals surface area contributed by atoms with Gasteiger partial charge in [0.1, 0.15) is 23.9 Å². The number of allylic oxidation sites excluding steroid dienone is 1. The van der Waals surface area contributed by atoms with Crippen LogP contribution in [0.5, 0.6) is 11.5 Å². The largest absolute Gasteiger partial charge is 0.497 e. The van der Waals surface area contributed by atoms with E-state index in [0.717, 1.165) is 5.56 Å². The second-order valence-electron chi connectivity index (χ2n) is 6.75. The highest BCUT2D eigenvalue weighted by Crippen LogP contribution is 2.36. The minimum absolute atomic E-state index is 0.249. The zero-order chi connectivity index (χ0) is 21.1. The number of anilines is 2. The van der Waals surface area contributed by atoms with E-state index in [4.69, 9.17) is 9.47 Å². The van der Waals surface area contributed by atoms with Gasteiger partial charge in [0.25, 0.3) is 5.91 Å². The van der Waals surface area contributed by atoms with Gasteiger partial charge in [0.2, 0.25) is 5.95 Å². The topological polar surface area (TPSA) is 90.3 Å². The Balaban J connectivity index is 1.75. The van der Waals surface area contributed by atoms with Crippen molar-refractivity contribution in [3.05, 3.63) is 71.7 Å². The van der Waals surface area contributed by atoms with Gasteiger partial charge in [0.05, 0.1) is 25.0 Å². The molecule has 8 nitrogen and oxygen atoms in total. The van der Waals surface area contributed by atoms with Crippen LogP contribution in [-0.2, 0) is 4.79 Å². The number of methoxy groups -OCH3 is 1. The van der Waals surface area contributed by atoms with Gasteiger partial charge in [-0.15, -0.1) is 0 Å². The molecule has 2 aromatic carbocycles. The smallest absolute Gasteiger partial charge is 0.255 e. The predicted molar refractivity (Wildman–Crippen MR) is 114 cm³/mol. The SMILES string of the molecule is CCOc1ccccc1NC(=O)C1=C(C)Nc2ncnn2C1c1cccc(OC)c1. The van der Waals surface area contributed by atoms with E-state index in [1.54, 1.807) is 11.8 Å². The van der Waals surface area contributed by atoms with Crippen LogP contribution < -0.4 is 20.1 Å². The highest BCUT2D eigenvalue weighted by molar-refractivity contribution is 6.06. The molecule has 0 aliphatic carbocycles. The molecule has 0 bridgehead atoms. The van der Waals surface area contributed by atoms with Crippen LogP contribution >= 0.6 is 0 Å². The number of aromatic nitrogens is 3. The zero-order valence-electron chi connectivity index (χ0n) is 17.0. The molecule has 0 fully saturated rings. The monoisotopic (exact) mass is 405 g/mol. The molecule has 0 saturated carbocycles. The van der Waals surface area contributed by atoms with Gasteiger partial charge in [-0.2, -0.15) is 10.1 Å². The minimum Gasteiger partial charge on any atom is -0.497 e. The third-order valence-electron chi connectivity index (χ3n) is 4.88. The second kappa shape index (κ2) is 8.28. The van der Waals surface area contributed by atoms with Crippen molar-refractivity contribution in [2.45, 2.75) is 19.9 Å². The van der Waals surface area contributed by atoms with Crippen LogP contribution in [-0.4, -0.2) is 34.4 Å². The van der Waals surface area contributed by atoms with Crippen molar-refractivity contribution in [3.63, 3.8) is 0 Å². The Bertz CT molecular complexity index is 1110. The van der Waals surface area contributed by atoms with E-state index < -0.39 is 6.04 Å². The quantitative estimate of drug-likeness (QED) is 0.651. The summed E-state index contributed by atoms with van der Waals surface area (Å²) in [5, 5.41) is 10.5. The number of ether oxygens (including phenoxy) is 2. The number of para-hydroxylation sites is 2. The molecule has 0 radical (unpaired) electrons. The van der Waals surface area contributed by atoms with Gasteiger partial charge in [-0.25, -0.2) is 4.68 Å². The summed E-state index contributed by atoms with van der Waals surface area (Å²) in [6.45, 7) is 4.26. The van der Waals surface area contributed by atoms with Crippen molar-refractivity contribution in [3.8, 4) is 11.5 Å². The summed E-state index contributed by atoms with van der Waals surface area (Å²) >= 11 is 0. The highest BCUT2D eigenvalue weighted by Gasteiger charge is 2.33. The molecule has 3 aromatic rings. The Kier molecular flexibility index (Phi) is 5.38. The van der Waals surface area contributed by atoms with Crippen molar-refractivity contribution in [2.75, 3.05) is 24.4 Å². The van der Waals surface area contributed by atoms with Crippen LogP contribution in [0, 0.1) is 0 Å². The number of rotatable bonds is 6. The normalized spacial score (nSPS) is 15.2. The lowest BCUT2D eigenvalue weighted by Crippen LogP contribution is -2.31. The number of nitrogens with one attached hydrogen (secondary N) is 2. The van der Waals surface area contributed by atoms with Crippen LogP contribution in [0.2, 0.25) is 0 Å². The molecule has 0 saturated heterocycles. The molecule has 4 rings (SSSR count). The van der Waals surface area contributed by atoms with Gasteiger partial charge >= 0.3 is 0 Å². The highest BCUT2D eigenvalue weighted by atomic mass is 16.5. The van der Waals surface area contributed by atoms with E-state index >= 15 is 0 Å². The third kappa shape index (κ3) is 3.59. The van der Waals surface area contributed by atoms with E-state index in [1.807, 2.05) is 62.4 Å². The Hall–Kier alpha value is -3.81. The summed E-state index contributed by atoms with van der Waals surface area (Å²) in [6.07, 6.45) is 1.47. The van der Waals surface area contributed by atoms with Gasteiger partial charge in [-0.3, -0.25) is 4.79 Å². The fourth-order valence-corrected chi connectivity index (χ4v) is 3.55. The van der Waals surface area contributed by atoms with E-state index in [-0.39, 0.29) is 5.91 Å². The van der Waals surface area contributed by atoms with Gasteiger partial charge in [-0.1, -0.05) is 24.3 Å². The first-order valence-corrected chi connectivity index (χ1v) is 9.66. The molecule has 1 amide bonds. The van der Waals surface area contributed by atoms with Crippen LogP contribution in [0.1, 0.15) is 25.5 Å². The van der Waals surface area contributed by atoms with Crippen molar-refractivity contribution in [2.24, 2.45) is 0 Å². The lowest BCUT2D eigenvalue weighted by Gasteiger charge is -2.29. The van der Waals surface area contributed by atoms with E-state index in [9.17, 15) is 4.79 Å². The lowest BCUT2D eigenvalue weighted by atomic mass is 9.95. The summed E-state index contributed by atoms with van der Waals surface area (Å²) in [7, 11) is 1.61. The molecule has 1 unspecified atom stereocenters. The number of amides is 1. The van der Waals surface area contributed by atoms with Crippen LogP contribution in [0.25, 0.3) is 0 Å². The Morgan fingerprint density at radius 2 is 2.07 bits per heavy atom. The van der Waals surface area contributed by atoms with Gasteiger partial charge < -0.3 is 20.1 Å². The molecule has 30 heavy (non-hydrogen) atoms. The van der Waals surface area contributed by atoms with Crippen molar-refractivity contribution in [1.82, 2.24) is 14.8 Å². The van der Waals surface area contributed by atoms with Crippen LogP contribution in [0.15, 0.2) is 66.1 Å². The number of benzene rings is 2. The molecule has 2 heterocycles. The predicted octanol–water partition coefficient (Wildman–Crippen LogP) is 3.61. The molecule has 1 aromatic heterocycles. The van der Waals surface area contributed by atoms with E-state index in [0.29, 0.717) is 41.0 Å². The minimum atomic E-state index is -0.460. The summed E-state index contributed by atoms with van der Waals surface area (Å²) < 4.78 is 12.7. The second-order valence-corrected chi connectivity index (χ2v) is 6.75. The molecular formula is C22H23N5O3. The first-order chi connectivity index (χ1) is 14.6. The van der Waals surface area contributed by atoms with Gasteiger partial charge in [0.15, 0.2) is 0 Å². The van der Waals surface area contributed by atoms with Crippen LogP contribution in [0.3, 0.4) is 0 Å². The summed E-state index contributed by atoms with van der Waals surface area (Å²) in [6, 6.07) is 14.5. The molecule has 8 heteroatoms. The van der Waals surface area contributed by atoms with Crippen molar-refractivity contribution in [1.29, 1.82) is 0 Å². The maximum absolute atomic E-state index is 13.4. The number of hydrogen-bond donors (Lipinski definition) is 2. The van der Waals surface area contributed by atoms with E-state index in [2.05, 4.69) is 20.7 Å². The average Bonchev–Trinajstić information content (AvgIpc) is 3.22. The lowest BCUT2D eigenvalue weighted by molar-refractivity contribution is -0.113. The summed E-state index contributed by atoms with van der Waals surface area (Å²) in [5.41, 5.74) is 2.71. The molecule has 2 N–H and O–H groups in total. The molecule has 154 valence electrons. The fraction of sp³-hybridized carbons (Fsp3) is 0.227. The number of carbonyl (C=O) groups is 1. The van der Waals surface area contributed by atoms with Crippen molar-refractivity contribution >= 4 is 17.5 Å². The molecule has 1 atom stereocenters. The number of hydrogen-bond acceptors (Lipinski definition) is 6. The molecule has 1 aliphatic heterocycles. The molecular weight excluding hydrogens is 382 g/mol. The number of nitrogens with zero attached hydrogens (tertiary/aromatic N) is 3. The standard InChI is InChI=1S/C22H23N5O3/c1-4-30-18-11-6-5-10-17(18)26-21(28)19-14(2)25-22-23-13-24-27(22)20(19)15-8-7-9-16(12-15)29-3/h5-13,20H,4H2,1-3H3,(H,26,28)(H,23,24,25). The fourth-order valence-electron chi connectivity index (χ4n) is 3.55. The Labute approximate surface area is 174 Å². The van der Waals surface area contributed by atoms with Gasteiger partial charge in [0, 0.05) is 5.70 Å². The van der Waals surface area contributed by atoms with Gasteiger partial charge in [-0.05, 0) is 43.7 Å².